The maximum Gasteiger partial charge on any atom is 0.232 e. The minimum Gasteiger partial charge on any atom is -0.335 e. The number of hydrogen-bond acceptors (Lipinski definition) is 7. The van der Waals surface area contributed by atoms with Gasteiger partial charge in [0.2, 0.25) is 10.0 Å². The van der Waals surface area contributed by atoms with E-state index in [4.69, 9.17) is 4.98 Å². The second kappa shape index (κ2) is 8.54. The number of aromatic nitrogens is 7. The van der Waals surface area contributed by atoms with Gasteiger partial charge in [0, 0.05) is 46.9 Å². The maximum absolute atomic E-state index is 12.0. The zero-order valence-electron chi connectivity index (χ0n) is 19.1. The standard InChI is InChI=1S/C25H20N8O2S/c1-2-36(34,35)33-18-8-17(11-27-12-18)15-5-6-21-19(9-15)24(32-31-21)25-29-22-14-28-13-20(23(22)30-25)16-4-3-7-26-10-16/h3-14,33H,2H2,1H3,(H,29,30)(H,31,32). The minimum absolute atomic E-state index is 0.0168. The molecule has 0 saturated carbocycles. The fourth-order valence-corrected chi connectivity index (χ4v) is 4.67. The van der Waals surface area contributed by atoms with Crippen LogP contribution < -0.4 is 4.72 Å². The molecule has 0 aliphatic carbocycles. The summed E-state index contributed by atoms with van der Waals surface area (Å²) in [7, 11) is -3.40. The van der Waals surface area contributed by atoms with E-state index in [1.165, 1.54) is 6.20 Å². The van der Waals surface area contributed by atoms with E-state index in [1.54, 1.807) is 44.0 Å². The van der Waals surface area contributed by atoms with Crippen LogP contribution in [0.4, 0.5) is 5.69 Å². The van der Waals surface area contributed by atoms with Gasteiger partial charge >= 0.3 is 0 Å². The van der Waals surface area contributed by atoms with Gasteiger partial charge in [-0.3, -0.25) is 24.8 Å². The summed E-state index contributed by atoms with van der Waals surface area (Å²) in [5, 5.41) is 8.44. The van der Waals surface area contributed by atoms with Crippen molar-refractivity contribution in [3.05, 3.63) is 73.6 Å². The number of hydrogen-bond donors (Lipinski definition) is 3. The average Bonchev–Trinajstić information content (AvgIpc) is 3.52. The third-order valence-corrected chi connectivity index (χ3v) is 7.19. The lowest BCUT2D eigenvalue weighted by atomic mass is 10.0. The van der Waals surface area contributed by atoms with Crippen molar-refractivity contribution in [3.8, 4) is 33.8 Å². The molecule has 0 amide bonds. The van der Waals surface area contributed by atoms with Crippen LogP contribution in [-0.4, -0.2) is 49.3 Å². The number of H-pyrrole nitrogens is 2. The molecule has 36 heavy (non-hydrogen) atoms. The van der Waals surface area contributed by atoms with E-state index in [9.17, 15) is 8.42 Å². The van der Waals surface area contributed by atoms with E-state index in [2.05, 4.69) is 34.9 Å². The Morgan fingerprint density at radius 1 is 0.889 bits per heavy atom. The predicted molar refractivity (Wildman–Crippen MR) is 139 cm³/mol. The molecule has 6 rings (SSSR count). The van der Waals surface area contributed by atoms with Gasteiger partial charge in [-0.25, -0.2) is 13.4 Å². The third-order valence-electron chi connectivity index (χ3n) is 5.88. The minimum atomic E-state index is -3.40. The largest absolute Gasteiger partial charge is 0.335 e. The van der Waals surface area contributed by atoms with Gasteiger partial charge in [0.25, 0.3) is 0 Å². The number of rotatable bonds is 6. The second-order valence-corrected chi connectivity index (χ2v) is 10.2. The number of anilines is 1. The van der Waals surface area contributed by atoms with Crippen molar-refractivity contribution in [1.82, 2.24) is 35.1 Å². The number of fused-ring (bicyclic) bond motifs is 2. The summed E-state index contributed by atoms with van der Waals surface area (Å²) in [5.41, 5.74) is 6.92. The lowest BCUT2D eigenvalue weighted by Gasteiger charge is -2.08. The molecule has 6 aromatic rings. The van der Waals surface area contributed by atoms with Crippen molar-refractivity contribution >= 4 is 37.6 Å². The van der Waals surface area contributed by atoms with Crippen LogP contribution in [0.1, 0.15) is 6.92 Å². The molecule has 0 unspecified atom stereocenters. The lowest BCUT2D eigenvalue weighted by molar-refractivity contribution is 0.602. The first-order chi connectivity index (χ1) is 17.5. The van der Waals surface area contributed by atoms with Gasteiger partial charge in [-0.05, 0) is 36.8 Å². The molecule has 0 saturated heterocycles. The topological polar surface area (TPSA) is 142 Å². The highest BCUT2D eigenvalue weighted by Gasteiger charge is 2.16. The predicted octanol–water partition coefficient (Wildman–Crippen LogP) is 4.39. The van der Waals surface area contributed by atoms with E-state index in [0.717, 1.165) is 44.2 Å². The Morgan fingerprint density at radius 2 is 1.75 bits per heavy atom. The SMILES string of the molecule is CCS(=O)(=O)Nc1cncc(-c2ccc3[nH]nc(-c4nc5c(-c6cccnc6)cncc5[nH]4)c3c2)c1. The Balaban J connectivity index is 1.43. The Hall–Kier alpha value is -4.64. The van der Waals surface area contributed by atoms with Crippen molar-refractivity contribution in [3.63, 3.8) is 0 Å². The van der Waals surface area contributed by atoms with Crippen molar-refractivity contribution in [2.75, 3.05) is 10.5 Å². The number of benzene rings is 1. The summed E-state index contributed by atoms with van der Waals surface area (Å²) in [4.78, 5) is 21.0. The molecule has 3 N–H and O–H groups in total. The van der Waals surface area contributed by atoms with Gasteiger partial charge in [0.05, 0.1) is 34.9 Å². The summed E-state index contributed by atoms with van der Waals surface area (Å²) in [5.74, 6) is 0.589. The Kier molecular flexibility index (Phi) is 5.19. The monoisotopic (exact) mass is 496 g/mol. The summed E-state index contributed by atoms with van der Waals surface area (Å²) in [6, 6.07) is 11.4. The van der Waals surface area contributed by atoms with Gasteiger partial charge in [-0.15, -0.1) is 0 Å². The van der Waals surface area contributed by atoms with Gasteiger partial charge < -0.3 is 4.98 Å². The highest BCUT2D eigenvalue weighted by atomic mass is 32.2. The molecule has 0 spiro atoms. The van der Waals surface area contributed by atoms with Crippen LogP contribution in [0.2, 0.25) is 0 Å². The van der Waals surface area contributed by atoms with E-state index in [0.29, 0.717) is 17.2 Å². The van der Waals surface area contributed by atoms with Gasteiger partial charge in [0.15, 0.2) is 5.82 Å². The first-order valence-electron chi connectivity index (χ1n) is 11.2. The number of imidazole rings is 1. The summed E-state index contributed by atoms with van der Waals surface area (Å²) >= 11 is 0. The molecule has 1 aromatic carbocycles. The quantitative estimate of drug-likeness (QED) is 0.310. The average molecular weight is 497 g/mol. The smallest absolute Gasteiger partial charge is 0.232 e. The Bertz CT molecular complexity index is 1830. The molecule has 0 radical (unpaired) electrons. The number of sulfonamides is 1. The van der Waals surface area contributed by atoms with E-state index < -0.39 is 10.0 Å². The van der Waals surface area contributed by atoms with Crippen molar-refractivity contribution in [2.24, 2.45) is 0 Å². The Labute approximate surface area is 205 Å². The van der Waals surface area contributed by atoms with Crippen LogP contribution in [0, 0.1) is 0 Å². The summed E-state index contributed by atoms with van der Waals surface area (Å²) in [6.45, 7) is 1.59. The maximum atomic E-state index is 12.0. The third kappa shape index (κ3) is 3.95. The van der Waals surface area contributed by atoms with Crippen LogP contribution in [0.25, 0.3) is 55.7 Å². The molecule has 0 aliphatic heterocycles. The molecular formula is C25H20N8O2S. The highest BCUT2D eigenvalue weighted by molar-refractivity contribution is 7.92. The highest BCUT2D eigenvalue weighted by Crippen LogP contribution is 2.33. The zero-order valence-corrected chi connectivity index (χ0v) is 19.9. The van der Waals surface area contributed by atoms with Gasteiger partial charge in [-0.2, -0.15) is 5.10 Å². The van der Waals surface area contributed by atoms with Gasteiger partial charge in [-0.1, -0.05) is 12.1 Å². The van der Waals surface area contributed by atoms with Crippen LogP contribution in [-0.2, 0) is 10.0 Å². The van der Waals surface area contributed by atoms with Crippen LogP contribution in [0.3, 0.4) is 0 Å². The fourth-order valence-electron chi connectivity index (χ4n) is 4.06. The Morgan fingerprint density at radius 3 is 2.58 bits per heavy atom. The molecule has 10 nitrogen and oxygen atoms in total. The molecular weight excluding hydrogens is 476 g/mol. The number of nitrogens with zero attached hydrogens (tertiary/aromatic N) is 5. The zero-order chi connectivity index (χ0) is 24.7. The molecule has 11 heteroatoms. The molecule has 178 valence electrons. The van der Waals surface area contributed by atoms with Crippen LogP contribution in [0.5, 0.6) is 0 Å². The summed E-state index contributed by atoms with van der Waals surface area (Å²) in [6.07, 6.45) is 10.2. The van der Waals surface area contributed by atoms with Crippen LogP contribution >= 0.6 is 0 Å². The second-order valence-electron chi connectivity index (χ2n) is 8.21. The van der Waals surface area contributed by atoms with Crippen molar-refractivity contribution in [1.29, 1.82) is 0 Å². The molecule has 5 aromatic heterocycles. The normalized spacial score (nSPS) is 11.8. The number of nitrogens with one attached hydrogen (secondary N) is 3. The molecule has 5 heterocycles. The molecule has 0 aliphatic rings. The first-order valence-corrected chi connectivity index (χ1v) is 12.8. The summed E-state index contributed by atoms with van der Waals surface area (Å²) < 4.78 is 26.5. The first kappa shape index (κ1) is 21.9. The van der Waals surface area contributed by atoms with E-state index in [1.807, 2.05) is 30.3 Å². The molecule has 0 fully saturated rings. The lowest BCUT2D eigenvalue weighted by Crippen LogP contribution is -2.14. The van der Waals surface area contributed by atoms with Crippen LogP contribution in [0.15, 0.2) is 73.6 Å². The molecule has 0 atom stereocenters. The van der Waals surface area contributed by atoms with Crippen molar-refractivity contribution in [2.45, 2.75) is 6.92 Å². The number of aromatic amines is 2. The van der Waals surface area contributed by atoms with Gasteiger partial charge in [0.1, 0.15) is 11.2 Å². The van der Waals surface area contributed by atoms with E-state index in [-0.39, 0.29) is 5.75 Å². The van der Waals surface area contributed by atoms with E-state index >= 15 is 0 Å². The fraction of sp³-hybridized carbons (Fsp3) is 0.0800. The van der Waals surface area contributed by atoms with Crippen molar-refractivity contribution < 1.29 is 8.42 Å². The number of pyridine rings is 3. The molecule has 0 bridgehead atoms.